The molecule has 0 spiro atoms. The number of ether oxygens (including phenoxy) is 1. The van der Waals surface area contributed by atoms with E-state index in [0.29, 0.717) is 16.9 Å². The van der Waals surface area contributed by atoms with Gasteiger partial charge in [0.1, 0.15) is 5.69 Å². The normalized spacial score (nSPS) is 12.6. The molecule has 0 bridgehead atoms. The highest BCUT2D eigenvalue weighted by Gasteiger charge is 2.20. The number of anilines is 1. The highest BCUT2D eigenvalue weighted by Crippen LogP contribution is 2.30. The summed E-state index contributed by atoms with van der Waals surface area (Å²) in [4.78, 5) is 13.0. The largest absolute Gasteiger partial charge is 0.367 e. The second-order valence-corrected chi connectivity index (χ2v) is 9.16. The molecule has 7 nitrogen and oxygen atoms in total. The van der Waals surface area contributed by atoms with E-state index in [-0.39, 0.29) is 10.8 Å². The van der Waals surface area contributed by atoms with E-state index in [2.05, 4.69) is 15.5 Å². The zero-order valence-electron chi connectivity index (χ0n) is 17.0. The highest BCUT2D eigenvalue weighted by atomic mass is 32.2. The van der Waals surface area contributed by atoms with Gasteiger partial charge in [0, 0.05) is 30.0 Å². The first-order chi connectivity index (χ1) is 14.9. The molecule has 2 N–H and O–H groups in total. The molecule has 3 aromatic carbocycles. The van der Waals surface area contributed by atoms with E-state index in [1.54, 1.807) is 36.4 Å². The van der Waals surface area contributed by atoms with E-state index >= 15 is 0 Å². The van der Waals surface area contributed by atoms with Crippen molar-refractivity contribution in [3.8, 4) is 11.3 Å². The third-order valence-electron chi connectivity index (χ3n) is 4.94. The quantitative estimate of drug-likeness (QED) is 0.477. The Morgan fingerprint density at radius 3 is 2.52 bits per heavy atom. The third-order valence-corrected chi connectivity index (χ3v) is 6.05. The van der Waals surface area contributed by atoms with Crippen LogP contribution in [0.25, 0.3) is 22.2 Å². The van der Waals surface area contributed by atoms with Crippen LogP contribution in [0, 0.1) is 0 Å². The van der Waals surface area contributed by atoms with Gasteiger partial charge in [-0.1, -0.05) is 42.5 Å². The summed E-state index contributed by atoms with van der Waals surface area (Å²) in [7, 11) is -1.85. The number of fused-ring (bicyclic) bond motifs is 1. The first-order valence-electron chi connectivity index (χ1n) is 9.54. The molecule has 0 fully saturated rings. The number of methoxy groups -OCH3 is 1. The maximum Gasteiger partial charge on any atom is 0.258 e. The number of sulfone groups is 1. The molecule has 1 amide bonds. The fraction of sp³-hybridized carbons (Fsp3) is 0.130. The lowest BCUT2D eigenvalue weighted by Crippen LogP contribution is -2.22. The summed E-state index contributed by atoms with van der Waals surface area (Å²) >= 11 is 0. The smallest absolute Gasteiger partial charge is 0.258 e. The average Bonchev–Trinajstić information content (AvgIpc) is 3.18. The lowest BCUT2D eigenvalue weighted by Gasteiger charge is -2.15. The molecule has 0 aliphatic carbocycles. The van der Waals surface area contributed by atoms with E-state index in [4.69, 9.17) is 4.74 Å². The van der Waals surface area contributed by atoms with E-state index < -0.39 is 15.9 Å². The van der Waals surface area contributed by atoms with Crippen molar-refractivity contribution in [3.05, 3.63) is 78.4 Å². The first-order valence-corrected chi connectivity index (χ1v) is 11.4. The number of aromatic amines is 1. The number of nitrogens with one attached hydrogen (secondary N) is 2. The van der Waals surface area contributed by atoms with Gasteiger partial charge in [-0.3, -0.25) is 9.89 Å². The topological polar surface area (TPSA) is 101 Å². The fourth-order valence-electron chi connectivity index (χ4n) is 3.42. The van der Waals surface area contributed by atoms with Crippen LogP contribution in [0.3, 0.4) is 0 Å². The molecule has 0 radical (unpaired) electrons. The minimum Gasteiger partial charge on any atom is -0.367 e. The molecule has 0 saturated heterocycles. The monoisotopic (exact) mass is 435 g/mol. The maximum absolute atomic E-state index is 12.8. The number of H-pyrrole nitrogens is 1. The van der Waals surface area contributed by atoms with Gasteiger partial charge in [0.15, 0.2) is 15.9 Å². The number of rotatable bonds is 6. The van der Waals surface area contributed by atoms with Crippen molar-refractivity contribution in [2.75, 3.05) is 18.7 Å². The Balaban J connectivity index is 1.67. The molecule has 1 atom stereocenters. The Morgan fingerprint density at radius 1 is 1.03 bits per heavy atom. The van der Waals surface area contributed by atoms with Crippen LogP contribution in [0.5, 0.6) is 0 Å². The Bertz CT molecular complexity index is 1350. The summed E-state index contributed by atoms with van der Waals surface area (Å²) in [5.74, 6) is -0.294. The van der Waals surface area contributed by atoms with Crippen LogP contribution in [0.2, 0.25) is 0 Å². The van der Waals surface area contributed by atoms with Gasteiger partial charge in [0.2, 0.25) is 0 Å². The van der Waals surface area contributed by atoms with E-state index in [1.165, 1.54) is 13.4 Å². The predicted molar refractivity (Wildman–Crippen MR) is 119 cm³/mol. The van der Waals surface area contributed by atoms with E-state index in [9.17, 15) is 13.2 Å². The van der Waals surface area contributed by atoms with Gasteiger partial charge in [-0.25, -0.2) is 8.42 Å². The van der Waals surface area contributed by atoms with Gasteiger partial charge in [-0.15, -0.1) is 0 Å². The van der Waals surface area contributed by atoms with E-state index in [0.717, 1.165) is 16.5 Å². The van der Waals surface area contributed by atoms with E-state index in [1.807, 2.05) is 36.4 Å². The fourth-order valence-corrected chi connectivity index (χ4v) is 4.08. The van der Waals surface area contributed by atoms with Crippen molar-refractivity contribution >= 4 is 32.3 Å². The van der Waals surface area contributed by atoms with Crippen molar-refractivity contribution in [2.24, 2.45) is 0 Å². The van der Waals surface area contributed by atoms with Gasteiger partial charge in [0.25, 0.3) is 5.91 Å². The predicted octanol–water partition coefficient (Wildman–Crippen LogP) is 3.96. The standard InChI is InChI=1S/C23H21N3O4S/c1-30-22(15-7-4-3-5-8-15)23(27)24-17-11-12-20-19(14-17)21(26-25-20)16-9-6-10-18(13-16)31(2,28)29/h3-14,22H,1-2H3,(H,24,27)(H,25,26). The number of nitrogens with zero attached hydrogens (tertiary/aromatic N) is 1. The Morgan fingerprint density at radius 2 is 1.81 bits per heavy atom. The molecule has 8 heteroatoms. The summed E-state index contributed by atoms with van der Waals surface area (Å²) in [6, 6.07) is 21.2. The van der Waals surface area contributed by atoms with Crippen LogP contribution in [-0.4, -0.2) is 37.9 Å². The molecule has 158 valence electrons. The number of amides is 1. The van der Waals surface area contributed by atoms with Gasteiger partial charge in [0.05, 0.1) is 10.4 Å². The number of benzene rings is 3. The van der Waals surface area contributed by atoms with Gasteiger partial charge in [-0.05, 0) is 35.9 Å². The summed E-state index contributed by atoms with van der Waals surface area (Å²) in [6.45, 7) is 0. The molecule has 0 aliphatic rings. The van der Waals surface area contributed by atoms with Crippen molar-refractivity contribution in [1.82, 2.24) is 10.2 Å². The molecule has 4 aromatic rings. The van der Waals surface area contributed by atoms with Gasteiger partial charge < -0.3 is 10.1 Å². The van der Waals surface area contributed by atoms with Crippen molar-refractivity contribution < 1.29 is 17.9 Å². The number of carbonyl (C=O) groups excluding carboxylic acids is 1. The maximum atomic E-state index is 12.8. The Labute approximate surface area is 180 Å². The average molecular weight is 436 g/mol. The second kappa shape index (κ2) is 8.33. The molecule has 31 heavy (non-hydrogen) atoms. The number of aromatic nitrogens is 2. The number of carbonyl (C=O) groups is 1. The molecule has 1 aromatic heterocycles. The summed E-state index contributed by atoms with van der Waals surface area (Å²) in [6.07, 6.45) is 0.425. The lowest BCUT2D eigenvalue weighted by atomic mass is 10.1. The zero-order chi connectivity index (χ0) is 22.0. The van der Waals surface area contributed by atoms with Gasteiger partial charge >= 0.3 is 0 Å². The minimum absolute atomic E-state index is 0.219. The Kier molecular flexibility index (Phi) is 5.58. The number of hydrogen-bond acceptors (Lipinski definition) is 5. The Hall–Kier alpha value is -3.49. The summed E-state index contributed by atoms with van der Waals surface area (Å²) in [5.41, 5.74) is 3.37. The molecular formula is C23H21N3O4S. The van der Waals surface area contributed by atoms with Crippen molar-refractivity contribution in [3.63, 3.8) is 0 Å². The van der Waals surface area contributed by atoms with Crippen molar-refractivity contribution in [1.29, 1.82) is 0 Å². The summed E-state index contributed by atoms with van der Waals surface area (Å²) in [5, 5.41) is 10.9. The summed E-state index contributed by atoms with van der Waals surface area (Å²) < 4.78 is 29.2. The van der Waals surface area contributed by atoms with Crippen LogP contribution >= 0.6 is 0 Å². The molecule has 0 aliphatic heterocycles. The van der Waals surface area contributed by atoms with Crippen LogP contribution < -0.4 is 5.32 Å². The SMILES string of the molecule is COC(C(=O)Nc1ccc2[nH]nc(-c3cccc(S(C)(=O)=O)c3)c2c1)c1ccccc1. The molecule has 4 rings (SSSR count). The third kappa shape index (κ3) is 4.35. The molecular weight excluding hydrogens is 414 g/mol. The van der Waals surface area contributed by atoms with Gasteiger partial charge in [-0.2, -0.15) is 5.10 Å². The lowest BCUT2D eigenvalue weighted by molar-refractivity contribution is -0.126. The van der Waals surface area contributed by atoms with Crippen LogP contribution in [-0.2, 0) is 19.4 Å². The zero-order valence-corrected chi connectivity index (χ0v) is 17.8. The molecule has 1 unspecified atom stereocenters. The van der Waals surface area contributed by atoms with Crippen molar-refractivity contribution in [2.45, 2.75) is 11.0 Å². The minimum atomic E-state index is -3.34. The van der Waals surface area contributed by atoms with Crippen LogP contribution in [0.4, 0.5) is 5.69 Å². The van der Waals surface area contributed by atoms with Crippen LogP contribution in [0.15, 0.2) is 77.7 Å². The first kappa shape index (κ1) is 20.8. The number of hydrogen-bond donors (Lipinski definition) is 2. The highest BCUT2D eigenvalue weighted by molar-refractivity contribution is 7.90. The molecule has 1 heterocycles. The second-order valence-electron chi connectivity index (χ2n) is 7.15. The van der Waals surface area contributed by atoms with Crippen LogP contribution in [0.1, 0.15) is 11.7 Å². The molecule has 0 saturated carbocycles.